The quantitative estimate of drug-likeness (QED) is 0.720. The van der Waals surface area contributed by atoms with Gasteiger partial charge in [-0.15, -0.1) is 0 Å². The Balaban J connectivity index is 3.30. The molecule has 0 amide bonds. The van der Waals surface area contributed by atoms with Gasteiger partial charge in [0.1, 0.15) is 0 Å². The van der Waals surface area contributed by atoms with Gasteiger partial charge in [-0.1, -0.05) is 11.6 Å². The Bertz CT molecular complexity index is 352. The fraction of sp³-hybridized carbons (Fsp3) is 0.125. The van der Waals surface area contributed by atoms with Crippen molar-refractivity contribution in [2.24, 2.45) is 0 Å². The second-order valence-electron chi connectivity index (χ2n) is 2.25. The number of benzene rings is 1. The van der Waals surface area contributed by atoms with Crippen LogP contribution in [0.25, 0.3) is 0 Å². The highest BCUT2D eigenvalue weighted by Crippen LogP contribution is 2.27. The first-order chi connectivity index (χ1) is 6.06. The summed E-state index contributed by atoms with van der Waals surface area (Å²) >= 11 is 10.7. The number of methoxy groups -OCH3 is 1. The molecule has 1 rings (SSSR count). The Hall–Kier alpha value is -0.800. The molecule has 0 heterocycles. The minimum Gasteiger partial charge on any atom is -0.494 e. The Morgan fingerprint density at radius 3 is 2.62 bits per heavy atom. The molecule has 0 aliphatic heterocycles. The van der Waals surface area contributed by atoms with E-state index in [1.807, 2.05) is 0 Å². The summed E-state index contributed by atoms with van der Waals surface area (Å²) < 4.78 is 17.7. The zero-order valence-electron chi connectivity index (χ0n) is 6.61. The first-order valence-corrected chi connectivity index (χ1v) is 4.04. The molecule has 0 atom stereocenters. The normalized spacial score (nSPS) is 9.85. The molecule has 0 saturated carbocycles. The summed E-state index contributed by atoms with van der Waals surface area (Å²) in [6, 6.07) is 2.34. The smallest absolute Gasteiger partial charge is 0.252 e. The van der Waals surface area contributed by atoms with Crippen LogP contribution in [0.3, 0.4) is 0 Å². The third-order valence-corrected chi connectivity index (χ3v) is 1.93. The largest absolute Gasteiger partial charge is 0.494 e. The maximum absolute atomic E-state index is 13.0. The summed E-state index contributed by atoms with van der Waals surface area (Å²) in [5.74, 6) is -0.803. The molecule has 0 spiro atoms. The molecule has 70 valence electrons. The van der Waals surface area contributed by atoms with Crippen molar-refractivity contribution in [2.45, 2.75) is 0 Å². The van der Waals surface area contributed by atoms with Crippen LogP contribution < -0.4 is 4.74 Å². The fourth-order valence-electron chi connectivity index (χ4n) is 0.826. The predicted molar refractivity (Wildman–Crippen MR) is 48.1 cm³/mol. The van der Waals surface area contributed by atoms with Crippen molar-refractivity contribution < 1.29 is 13.9 Å². The zero-order valence-corrected chi connectivity index (χ0v) is 8.12. The molecule has 0 aromatic heterocycles. The second kappa shape index (κ2) is 3.94. The highest BCUT2D eigenvalue weighted by atomic mass is 35.5. The Labute approximate surface area is 84.2 Å². The Morgan fingerprint density at radius 2 is 2.15 bits per heavy atom. The summed E-state index contributed by atoms with van der Waals surface area (Å²) in [6.45, 7) is 0. The summed E-state index contributed by atoms with van der Waals surface area (Å²) in [7, 11) is 1.28. The van der Waals surface area contributed by atoms with Gasteiger partial charge in [-0.2, -0.15) is 0 Å². The van der Waals surface area contributed by atoms with Crippen molar-refractivity contribution in [1.82, 2.24) is 0 Å². The Morgan fingerprint density at radius 1 is 1.54 bits per heavy atom. The lowest BCUT2D eigenvalue weighted by Crippen LogP contribution is -1.94. The van der Waals surface area contributed by atoms with Crippen LogP contribution in [-0.2, 0) is 0 Å². The maximum Gasteiger partial charge on any atom is 0.252 e. The molecule has 0 bridgehead atoms. The van der Waals surface area contributed by atoms with E-state index >= 15 is 0 Å². The van der Waals surface area contributed by atoms with E-state index in [1.54, 1.807) is 0 Å². The fourth-order valence-corrected chi connectivity index (χ4v) is 1.15. The van der Waals surface area contributed by atoms with Gasteiger partial charge in [0.05, 0.1) is 12.1 Å². The minimum atomic E-state index is -0.708. The lowest BCUT2D eigenvalue weighted by Gasteiger charge is -2.04. The minimum absolute atomic E-state index is 0.100. The second-order valence-corrected chi connectivity index (χ2v) is 3.00. The molecule has 0 unspecified atom stereocenters. The van der Waals surface area contributed by atoms with E-state index in [2.05, 4.69) is 4.74 Å². The van der Waals surface area contributed by atoms with Gasteiger partial charge in [-0.3, -0.25) is 4.79 Å². The number of rotatable bonds is 2. The van der Waals surface area contributed by atoms with Crippen LogP contribution in [0, 0.1) is 5.82 Å². The molecule has 0 aliphatic rings. The molecule has 1 aromatic rings. The highest BCUT2D eigenvalue weighted by Gasteiger charge is 2.12. The van der Waals surface area contributed by atoms with Gasteiger partial charge in [0.15, 0.2) is 11.6 Å². The van der Waals surface area contributed by atoms with Gasteiger partial charge >= 0.3 is 0 Å². The van der Waals surface area contributed by atoms with Crippen molar-refractivity contribution >= 4 is 28.4 Å². The van der Waals surface area contributed by atoms with Gasteiger partial charge in [-0.05, 0) is 23.7 Å². The summed E-state index contributed by atoms with van der Waals surface area (Å²) in [5.41, 5.74) is 0.102. The molecular formula is C8H5Cl2FO2. The van der Waals surface area contributed by atoms with Crippen molar-refractivity contribution in [3.05, 3.63) is 28.5 Å². The van der Waals surface area contributed by atoms with Gasteiger partial charge in [0.2, 0.25) is 0 Å². The summed E-state index contributed by atoms with van der Waals surface area (Å²) in [4.78, 5) is 10.7. The highest BCUT2D eigenvalue weighted by molar-refractivity contribution is 6.67. The van der Waals surface area contributed by atoms with E-state index in [0.29, 0.717) is 0 Å². The average Bonchev–Trinajstić information content (AvgIpc) is 2.09. The molecule has 13 heavy (non-hydrogen) atoms. The SMILES string of the molecule is COc1cc(C(=O)Cl)cc(Cl)c1F. The maximum atomic E-state index is 13.0. The van der Waals surface area contributed by atoms with Gasteiger partial charge < -0.3 is 4.74 Å². The van der Waals surface area contributed by atoms with Gasteiger partial charge in [0, 0.05) is 5.56 Å². The molecule has 0 aliphatic carbocycles. The van der Waals surface area contributed by atoms with Gasteiger partial charge in [0.25, 0.3) is 5.24 Å². The van der Waals surface area contributed by atoms with E-state index in [1.165, 1.54) is 13.2 Å². The number of halogens is 3. The number of ether oxygens (including phenoxy) is 1. The average molecular weight is 223 g/mol. The molecule has 0 saturated heterocycles. The summed E-state index contributed by atoms with van der Waals surface area (Å²) in [6.07, 6.45) is 0. The van der Waals surface area contributed by atoms with Crippen LogP contribution in [0.1, 0.15) is 10.4 Å². The van der Waals surface area contributed by atoms with E-state index in [4.69, 9.17) is 23.2 Å². The van der Waals surface area contributed by atoms with Crippen LogP contribution in [-0.4, -0.2) is 12.4 Å². The summed E-state index contributed by atoms with van der Waals surface area (Å²) in [5, 5.41) is -0.899. The first-order valence-electron chi connectivity index (χ1n) is 3.29. The van der Waals surface area contributed by atoms with Crippen LogP contribution in [0.4, 0.5) is 4.39 Å². The topological polar surface area (TPSA) is 26.3 Å². The van der Waals surface area contributed by atoms with E-state index < -0.39 is 11.1 Å². The third kappa shape index (κ3) is 2.11. The molecule has 1 aromatic carbocycles. The van der Waals surface area contributed by atoms with Crippen LogP contribution in [0.2, 0.25) is 5.02 Å². The third-order valence-electron chi connectivity index (χ3n) is 1.44. The standard InChI is InChI=1S/C8H5Cl2FO2/c1-13-6-3-4(8(10)12)2-5(9)7(6)11/h2-3H,1H3. The van der Waals surface area contributed by atoms with Crippen molar-refractivity contribution in [3.8, 4) is 5.75 Å². The van der Waals surface area contributed by atoms with Crippen LogP contribution in [0.5, 0.6) is 5.75 Å². The number of carbonyl (C=O) groups excluding carboxylic acids is 1. The lowest BCUT2D eigenvalue weighted by atomic mass is 10.2. The van der Waals surface area contributed by atoms with E-state index in [0.717, 1.165) is 6.07 Å². The lowest BCUT2D eigenvalue weighted by molar-refractivity contribution is 0.108. The van der Waals surface area contributed by atoms with Crippen molar-refractivity contribution in [3.63, 3.8) is 0 Å². The van der Waals surface area contributed by atoms with Crippen LogP contribution in [0.15, 0.2) is 12.1 Å². The number of carbonyl (C=O) groups is 1. The Kier molecular flexibility index (Phi) is 3.12. The predicted octanol–water partition coefficient (Wildman–Crippen LogP) is 2.87. The van der Waals surface area contributed by atoms with Crippen LogP contribution >= 0.6 is 23.2 Å². The molecular weight excluding hydrogens is 218 g/mol. The molecule has 0 radical (unpaired) electrons. The first kappa shape index (κ1) is 10.3. The molecule has 0 fully saturated rings. The molecule has 5 heteroatoms. The van der Waals surface area contributed by atoms with Crippen molar-refractivity contribution in [1.29, 1.82) is 0 Å². The number of hydrogen-bond donors (Lipinski definition) is 0. The zero-order chi connectivity index (χ0) is 10.0. The van der Waals surface area contributed by atoms with Crippen molar-refractivity contribution in [2.75, 3.05) is 7.11 Å². The van der Waals surface area contributed by atoms with Gasteiger partial charge in [-0.25, -0.2) is 4.39 Å². The van der Waals surface area contributed by atoms with E-state index in [9.17, 15) is 9.18 Å². The molecule has 0 N–H and O–H groups in total. The van der Waals surface area contributed by atoms with E-state index in [-0.39, 0.29) is 16.3 Å². The number of hydrogen-bond acceptors (Lipinski definition) is 2. The monoisotopic (exact) mass is 222 g/mol. The molecule has 2 nitrogen and oxygen atoms in total.